The highest BCUT2D eigenvalue weighted by atomic mass is 79.9. The fourth-order valence-corrected chi connectivity index (χ4v) is 3.45. The third kappa shape index (κ3) is 4.15. The number of hydrogen-bond acceptors (Lipinski definition) is 5. The molecule has 0 radical (unpaired) electrons. The molecule has 1 heterocycles. The highest BCUT2D eigenvalue weighted by Gasteiger charge is 2.20. The van der Waals surface area contributed by atoms with E-state index in [1.807, 2.05) is 0 Å². The van der Waals surface area contributed by atoms with Crippen LogP contribution in [0.5, 0.6) is 0 Å². The zero-order chi connectivity index (χ0) is 13.9. The fourth-order valence-electron chi connectivity index (χ4n) is 1.65. The van der Waals surface area contributed by atoms with Gasteiger partial charge in [0, 0.05) is 10.5 Å². The summed E-state index contributed by atoms with van der Waals surface area (Å²) in [5.41, 5.74) is 0.888. The summed E-state index contributed by atoms with van der Waals surface area (Å²) >= 11 is 3.28. The van der Waals surface area contributed by atoms with Gasteiger partial charge in [0.2, 0.25) is 0 Å². The van der Waals surface area contributed by atoms with Crippen LogP contribution in [0.3, 0.4) is 0 Å². The quantitative estimate of drug-likeness (QED) is 0.897. The van der Waals surface area contributed by atoms with Crippen molar-refractivity contribution in [2.75, 3.05) is 5.75 Å². The molecule has 2 aromatic rings. The SMILES string of the molecule is O=S(=O)(Cc1ccon1)CC(O)c1cccc(Br)c1. The number of halogens is 1. The second-order valence-corrected chi connectivity index (χ2v) is 7.14. The Kier molecular flexibility index (Phi) is 4.38. The van der Waals surface area contributed by atoms with E-state index in [9.17, 15) is 13.5 Å². The molecule has 0 fully saturated rings. The summed E-state index contributed by atoms with van der Waals surface area (Å²) in [7, 11) is -3.45. The number of rotatable bonds is 5. The van der Waals surface area contributed by atoms with Crippen LogP contribution in [0.15, 0.2) is 45.6 Å². The molecule has 0 aliphatic carbocycles. The molecular weight excluding hydrogens is 334 g/mol. The third-order valence-electron chi connectivity index (χ3n) is 2.50. The van der Waals surface area contributed by atoms with Crippen molar-refractivity contribution in [3.05, 3.63) is 52.3 Å². The van der Waals surface area contributed by atoms with Gasteiger partial charge < -0.3 is 9.63 Å². The Labute approximate surface area is 119 Å². The van der Waals surface area contributed by atoms with Gasteiger partial charge in [-0.2, -0.15) is 0 Å². The molecular formula is C12H12BrNO4S. The van der Waals surface area contributed by atoms with Crippen molar-refractivity contribution in [3.63, 3.8) is 0 Å². The molecule has 19 heavy (non-hydrogen) atoms. The van der Waals surface area contributed by atoms with Crippen molar-refractivity contribution in [2.45, 2.75) is 11.9 Å². The maximum Gasteiger partial charge on any atom is 0.159 e. The molecule has 0 saturated heterocycles. The molecule has 1 aromatic carbocycles. The van der Waals surface area contributed by atoms with Crippen LogP contribution in [-0.4, -0.2) is 24.4 Å². The minimum absolute atomic E-state index is 0.242. The predicted molar refractivity (Wildman–Crippen MR) is 73.1 cm³/mol. The van der Waals surface area contributed by atoms with E-state index in [1.54, 1.807) is 24.3 Å². The molecule has 0 aliphatic heterocycles. The molecule has 1 aromatic heterocycles. The highest BCUT2D eigenvalue weighted by molar-refractivity contribution is 9.10. The summed E-state index contributed by atoms with van der Waals surface area (Å²) < 4.78 is 29.2. The van der Waals surface area contributed by atoms with Gasteiger partial charge in [-0.3, -0.25) is 0 Å². The van der Waals surface area contributed by atoms with Crippen LogP contribution in [0.1, 0.15) is 17.4 Å². The van der Waals surface area contributed by atoms with Crippen molar-refractivity contribution in [1.82, 2.24) is 5.16 Å². The standard InChI is InChI=1S/C12H12BrNO4S/c13-10-3-1-2-9(6-10)12(15)8-19(16,17)7-11-4-5-18-14-11/h1-6,12,15H,7-8H2. The van der Waals surface area contributed by atoms with Gasteiger partial charge in [0.05, 0.1) is 23.3 Å². The summed E-state index contributed by atoms with van der Waals surface area (Å²) in [4.78, 5) is 0. The summed E-state index contributed by atoms with van der Waals surface area (Å²) in [5.74, 6) is -0.592. The first-order valence-corrected chi connectivity index (χ1v) is 8.11. The van der Waals surface area contributed by atoms with Crippen LogP contribution in [-0.2, 0) is 15.6 Å². The van der Waals surface area contributed by atoms with Crippen LogP contribution in [0.25, 0.3) is 0 Å². The van der Waals surface area contributed by atoms with Crippen molar-refractivity contribution in [1.29, 1.82) is 0 Å². The van der Waals surface area contributed by atoms with Crippen LogP contribution < -0.4 is 0 Å². The molecule has 0 spiro atoms. The van der Waals surface area contributed by atoms with Gasteiger partial charge in [0.25, 0.3) is 0 Å². The van der Waals surface area contributed by atoms with Gasteiger partial charge >= 0.3 is 0 Å². The molecule has 0 saturated carbocycles. The third-order valence-corrected chi connectivity index (χ3v) is 4.56. The van der Waals surface area contributed by atoms with E-state index in [4.69, 9.17) is 0 Å². The van der Waals surface area contributed by atoms with E-state index < -0.39 is 15.9 Å². The van der Waals surface area contributed by atoms with Gasteiger partial charge in [-0.05, 0) is 17.7 Å². The lowest BCUT2D eigenvalue weighted by atomic mass is 10.1. The molecule has 0 aliphatic rings. The second kappa shape index (κ2) is 5.85. The highest BCUT2D eigenvalue weighted by Crippen LogP contribution is 2.20. The van der Waals surface area contributed by atoms with E-state index in [0.717, 1.165) is 4.47 Å². The number of nitrogens with zero attached hydrogens (tertiary/aromatic N) is 1. The Hall–Kier alpha value is -1.18. The van der Waals surface area contributed by atoms with Gasteiger partial charge in [-0.15, -0.1) is 0 Å². The smallest absolute Gasteiger partial charge is 0.159 e. The number of aliphatic hydroxyl groups is 1. The molecule has 0 amide bonds. The molecule has 1 atom stereocenters. The molecule has 102 valence electrons. The van der Waals surface area contributed by atoms with Crippen LogP contribution in [0.4, 0.5) is 0 Å². The number of aromatic nitrogens is 1. The average Bonchev–Trinajstić information content (AvgIpc) is 2.80. The van der Waals surface area contributed by atoms with Gasteiger partial charge in [-0.1, -0.05) is 33.2 Å². The lowest BCUT2D eigenvalue weighted by Crippen LogP contribution is -2.16. The summed E-state index contributed by atoms with van der Waals surface area (Å²) in [6, 6.07) is 8.41. The first-order valence-electron chi connectivity index (χ1n) is 5.49. The Morgan fingerprint density at radius 1 is 1.37 bits per heavy atom. The fraction of sp³-hybridized carbons (Fsp3) is 0.250. The van der Waals surface area contributed by atoms with Crippen molar-refractivity contribution < 1.29 is 18.0 Å². The van der Waals surface area contributed by atoms with E-state index >= 15 is 0 Å². The van der Waals surface area contributed by atoms with Gasteiger partial charge in [0.15, 0.2) is 9.84 Å². The monoisotopic (exact) mass is 345 g/mol. The molecule has 1 unspecified atom stereocenters. The van der Waals surface area contributed by atoms with E-state index in [-0.39, 0.29) is 11.5 Å². The van der Waals surface area contributed by atoms with E-state index in [2.05, 4.69) is 25.6 Å². The number of benzene rings is 1. The Bertz CT molecular complexity index is 640. The zero-order valence-corrected chi connectivity index (χ0v) is 12.3. The van der Waals surface area contributed by atoms with Crippen molar-refractivity contribution in [3.8, 4) is 0 Å². The summed E-state index contributed by atoms with van der Waals surface area (Å²) in [6.45, 7) is 0. The molecule has 1 N–H and O–H groups in total. The molecule has 0 bridgehead atoms. The van der Waals surface area contributed by atoms with Crippen molar-refractivity contribution in [2.24, 2.45) is 0 Å². The zero-order valence-electron chi connectivity index (χ0n) is 9.86. The van der Waals surface area contributed by atoms with Crippen LogP contribution >= 0.6 is 15.9 Å². The minimum Gasteiger partial charge on any atom is -0.387 e. The predicted octanol–water partition coefficient (Wildman–Crippen LogP) is 2.09. The van der Waals surface area contributed by atoms with Crippen molar-refractivity contribution >= 4 is 25.8 Å². The molecule has 5 nitrogen and oxygen atoms in total. The van der Waals surface area contributed by atoms with E-state index in [1.165, 1.54) is 12.3 Å². The lowest BCUT2D eigenvalue weighted by Gasteiger charge is -2.11. The first-order chi connectivity index (χ1) is 8.96. The Morgan fingerprint density at radius 2 is 2.16 bits per heavy atom. The average molecular weight is 346 g/mol. The van der Waals surface area contributed by atoms with Gasteiger partial charge in [-0.25, -0.2) is 8.42 Å². The normalized spacial score (nSPS) is 13.4. The van der Waals surface area contributed by atoms with Crippen LogP contribution in [0, 0.1) is 0 Å². The summed E-state index contributed by atoms with van der Waals surface area (Å²) in [6.07, 6.45) is 0.254. The number of sulfone groups is 1. The maximum atomic E-state index is 11.9. The van der Waals surface area contributed by atoms with Gasteiger partial charge in [0.1, 0.15) is 6.26 Å². The minimum atomic E-state index is -3.45. The second-order valence-electron chi connectivity index (χ2n) is 4.12. The molecule has 2 rings (SSSR count). The summed E-state index contributed by atoms with van der Waals surface area (Å²) in [5, 5.41) is 13.5. The Balaban J connectivity index is 2.07. The topological polar surface area (TPSA) is 80.4 Å². The van der Waals surface area contributed by atoms with Crippen LogP contribution in [0.2, 0.25) is 0 Å². The lowest BCUT2D eigenvalue weighted by molar-refractivity contribution is 0.201. The first kappa shape index (κ1) is 14.2. The molecule has 7 heteroatoms. The largest absolute Gasteiger partial charge is 0.387 e. The number of aliphatic hydroxyl groups excluding tert-OH is 1. The Morgan fingerprint density at radius 3 is 2.79 bits per heavy atom. The van der Waals surface area contributed by atoms with E-state index in [0.29, 0.717) is 11.3 Å². The maximum absolute atomic E-state index is 11.9. The number of hydrogen-bond donors (Lipinski definition) is 1.